The molecule has 73 heavy (non-hydrogen) atoms. The van der Waals surface area contributed by atoms with E-state index >= 15 is 14.4 Å². The van der Waals surface area contributed by atoms with Crippen LogP contribution in [0.4, 0.5) is 5.69 Å². The molecule has 2 aromatic carbocycles. The summed E-state index contributed by atoms with van der Waals surface area (Å²) in [6.45, 7) is 6.11. The molecule has 0 aliphatic carbocycles. The number of aromatic nitrogens is 1. The molecule has 6 aliphatic heterocycles. The monoisotopic (exact) mass is 1020 g/mol. The highest BCUT2D eigenvalue weighted by Gasteiger charge is 2.48. The largest absolute Gasteiger partial charge is 0.505 e. The van der Waals surface area contributed by atoms with Crippen molar-refractivity contribution in [3.8, 4) is 5.75 Å². The highest BCUT2D eigenvalue weighted by Crippen LogP contribution is 2.37. The maximum atomic E-state index is 15.7. The quantitative estimate of drug-likeness (QED) is 0.214. The average molecular weight is 1020 g/mol. The van der Waals surface area contributed by atoms with Gasteiger partial charge in [0.1, 0.15) is 47.8 Å². The second kappa shape index (κ2) is 23.1. The predicted molar refractivity (Wildman–Crippen MR) is 272 cm³/mol. The summed E-state index contributed by atoms with van der Waals surface area (Å²) < 4.78 is 5.97. The van der Waals surface area contributed by atoms with Crippen molar-refractivity contribution in [3.05, 3.63) is 89.7 Å². The van der Waals surface area contributed by atoms with Crippen molar-refractivity contribution >= 4 is 64.6 Å². The van der Waals surface area contributed by atoms with E-state index in [2.05, 4.69) is 25.8 Å². The summed E-state index contributed by atoms with van der Waals surface area (Å²) in [5.41, 5.74) is 1.49. The minimum atomic E-state index is -1.69. The van der Waals surface area contributed by atoms with Crippen LogP contribution in [0.3, 0.4) is 0 Å². The number of hydrogen-bond donors (Lipinski definition) is 4. The molecule has 6 amide bonds. The number of fused-ring (bicyclic) bond motifs is 5. The number of cyclic esters (lactones) is 1. The number of Topliss-reactive ketones (excluding diaryl/α,β-unsaturated/α-hetero) is 1. The van der Waals surface area contributed by atoms with Gasteiger partial charge in [-0.25, -0.2) is 9.78 Å². The molecule has 20 heteroatoms. The van der Waals surface area contributed by atoms with Crippen molar-refractivity contribution in [1.82, 2.24) is 40.5 Å². The molecule has 9 rings (SSSR count). The van der Waals surface area contributed by atoms with Gasteiger partial charge in [-0.3, -0.25) is 33.6 Å². The maximum absolute atomic E-state index is 15.7. The van der Waals surface area contributed by atoms with Gasteiger partial charge in [0.05, 0.1) is 0 Å². The number of rotatable bonds is 10. The van der Waals surface area contributed by atoms with E-state index in [9.17, 15) is 29.1 Å². The number of benzene rings is 2. The first-order chi connectivity index (χ1) is 35.0. The molecule has 6 saturated heterocycles. The maximum Gasteiger partial charge on any atom is 0.333 e. The zero-order valence-electron chi connectivity index (χ0n) is 42.1. The zero-order valence-corrected chi connectivity index (χ0v) is 42.9. The van der Waals surface area contributed by atoms with Crippen molar-refractivity contribution in [3.63, 3.8) is 0 Å². The summed E-state index contributed by atoms with van der Waals surface area (Å²) in [6, 6.07) is 10.3. The molecule has 6 aliphatic rings. The van der Waals surface area contributed by atoms with E-state index in [1.54, 1.807) is 49.0 Å². The molecule has 3 aromatic rings. The zero-order chi connectivity index (χ0) is 52.1. The molecule has 0 radical (unpaired) electrons. The van der Waals surface area contributed by atoms with Crippen molar-refractivity contribution in [1.29, 1.82) is 0 Å². The Kier molecular flexibility index (Phi) is 16.7. The molecule has 19 nitrogen and oxygen atoms in total. The molecule has 1 unspecified atom stereocenters. The van der Waals surface area contributed by atoms with Gasteiger partial charge in [0.15, 0.2) is 11.7 Å². The smallest absolute Gasteiger partial charge is 0.333 e. The van der Waals surface area contributed by atoms with Crippen LogP contribution in [0.1, 0.15) is 80.0 Å². The number of piperidine rings is 4. The van der Waals surface area contributed by atoms with E-state index in [4.69, 9.17) is 4.74 Å². The van der Waals surface area contributed by atoms with E-state index in [1.165, 1.54) is 47.0 Å². The van der Waals surface area contributed by atoms with E-state index in [1.807, 2.05) is 43.3 Å². The van der Waals surface area contributed by atoms with Crippen LogP contribution in [0, 0.1) is 11.8 Å². The molecular formula is C53H67N9O10S. The summed E-state index contributed by atoms with van der Waals surface area (Å²) in [6.07, 6.45) is 2.40. The molecular weight excluding hydrogens is 955 g/mol. The number of esters is 1. The van der Waals surface area contributed by atoms with Gasteiger partial charge >= 0.3 is 5.97 Å². The van der Waals surface area contributed by atoms with Gasteiger partial charge in [0.25, 0.3) is 5.91 Å². The molecule has 7 heterocycles. The lowest BCUT2D eigenvalue weighted by molar-refractivity contribution is -0.157. The fraction of sp³-hybridized carbons (Fsp3) is 0.528. The number of aromatic hydroxyl groups is 1. The Morgan fingerprint density at radius 3 is 2.23 bits per heavy atom. The van der Waals surface area contributed by atoms with Gasteiger partial charge in [-0.05, 0) is 93.4 Å². The molecule has 0 saturated carbocycles. The molecule has 9 atom stereocenters. The summed E-state index contributed by atoms with van der Waals surface area (Å²) in [4.78, 5) is 130. The molecule has 4 N–H and O–H groups in total. The Morgan fingerprint density at radius 2 is 1.58 bits per heavy atom. The topological polar surface area (TPSA) is 231 Å². The lowest BCUT2D eigenvalue weighted by Crippen LogP contribution is -2.63. The first-order valence-electron chi connectivity index (χ1n) is 25.3. The molecule has 1 aromatic heterocycles. The molecule has 2 bridgehead atoms. The van der Waals surface area contributed by atoms with Crippen molar-refractivity contribution in [2.45, 2.75) is 106 Å². The number of pyridine rings is 1. The Balaban J connectivity index is 1.19. The van der Waals surface area contributed by atoms with Crippen LogP contribution in [0.5, 0.6) is 5.75 Å². The minimum Gasteiger partial charge on any atom is -0.505 e. The van der Waals surface area contributed by atoms with E-state index in [-0.39, 0.29) is 50.1 Å². The summed E-state index contributed by atoms with van der Waals surface area (Å²) >= 11 is 1.73. The number of ketones is 1. The Bertz CT molecular complexity index is 2540. The van der Waals surface area contributed by atoms with Gasteiger partial charge in [-0.15, -0.1) is 0 Å². The van der Waals surface area contributed by atoms with Crippen molar-refractivity contribution < 1.29 is 48.2 Å². The predicted octanol–water partition coefficient (Wildman–Crippen LogP) is 2.32. The Morgan fingerprint density at radius 1 is 0.849 bits per heavy atom. The van der Waals surface area contributed by atoms with Gasteiger partial charge in [0, 0.05) is 82.4 Å². The third-order valence-electron chi connectivity index (χ3n) is 15.2. The SMILES string of the molecule is CC[C@@H]1NC(=O)[C@@H](NC(=O)c2ncccc2O)[C@H](C)OC(=O)[C@@H](c2ccccc2)NC(=O)C2CC(=O)[C@@H](CS[C@@H]3CN4CCC3CC4)CN2C(=O)[C@H](Cc2ccc(N(C)C)cc2)N(C)C(=O)[C@@H]2CCCN2C1=O. The van der Waals surface area contributed by atoms with Crippen LogP contribution in [-0.2, 0) is 44.7 Å². The minimum absolute atomic E-state index is 0.0289. The fourth-order valence-corrected chi connectivity index (χ4v) is 12.4. The van der Waals surface area contributed by atoms with Gasteiger partial charge in [0.2, 0.25) is 29.5 Å². The average Bonchev–Trinajstić information content (AvgIpc) is 3.89. The highest BCUT2D eigenvalue weighted by molar-refractivity contribution is 8.00. The highest BCUT2D eigenvalue weighted by atomic mass is 32.2. The molecule has 390 valence electrons. The fourth-order valence-electron chi connectivity index (χ4n) is 10.8. The number of hydrogen-bond acceptors (Lipinski definition) is 14. The first kappa shape index (κ1) is 52.8. The summed E-state index contributed by atoms with van der Waals surface area (Å²) in [5, 5.41) is 18.8. The molecule has 6 fully saturated rings. The molecule has 0 spiro atoms. The Labute approximate surface area is 430 Å². The number of amides is 6. The standard InChI is InChI=1S/C53H67N9O10S/c1-6-37-50(68)61-23-11-14-38(61)51(69)59(5)40(26-32-16-18-36(19-17-32)58(3)4)52(70)62-28-35(30-73-43-29-60-24-20-33(43)21-25-60)42(64)27-39(62)47(65)57-45(34-12-8-7-9-13-34)53(71)72-31(2)44(48(66)55-37)56-49(67)46-41(63)15-10-22-54-46/h7-10,12-13,15-19,22,31,33,35,37-40,43-45,63H,6,11,14,20-21,23-30H2,1-5H3,(H,55,66)(H,56,67)(H,57,65)/t31-,35+,37-,38-,39?,40-,43+,44-,45+/m0/s1. The number of thioether (sulfide) groups is 1. The number of carbonyl (C=O) groups is 8. The number of ether oxygens (including phenoxy) is 1. The second-order valence-electron chi connectivity index (χ2n) is 20.1. The summed E-state index contributed by atoms with van der Waals surface area (Å²) in [7, 11) is 5.33. The number of carbonyl (C=O) groups excluding carboxylic acids is 8. The van der Waals surface area contributed by atoms with Crippen LogP contribution in [0.15, 0.2) is 72.9 Å². The van der Waals surface area contributed by atoms with Crippen LogP contribution in [0.2, 0.25) is 0 Å². The van der Waals surface area contributed by atoms with Gasteiger partial charge in [-0.1, -0.05) is 49.4 Å². The van der Waals surface area contributed by atoms with Crippen molar-refractivity contribution in [2.24, 2.45) is 11.8 Å². The van der Waals surface area contributed by atoms with Crippen LogP contribution in [-0.4, -0.2) is 178 Å². The van der Waals surface area contributed by atoms with E-state index < -0.39 is 101 Å². The number of likely N-dealkylation sites (N-methyl/N-ethyl adjacent to an activating group) is 1. The number of nitrogens with zero attached hydrogens (tertiary/aromatic N) is 6. The first-order valence-corrected chi connectivity index (χ1v) is 26.4. The van der Waals surface area contributed by atoms with Crippen molar-refractivity contribution in [2.75, 3.05) is 64.5 Å². The normalized spacial score (nSPS) is 29.5. The van der Waals surface area contributed by atoms with Crippen LogP contribution < -0.4 is 20.9 Å². The third kappa shape index (κ3) is 11.8. The lowest BCUT2D eigenvalue weighted by Gasteiger charge is -2.45. The third-order valence-corrected chi connectivity index (χ3v) is 16.7. The number of anilines is 1. The van der Waals surface area contributed by atoms with E-state index in [0.29, 0.717) is 23.3 Å². The van der Waals surface area contributed by atoms with Crippen LogP contribution >= 0.6 is 11.8 Å². The Hall–Kier alpha value is -6.54. The van der Waals surface area contributed by atoms with Gasteiger partial charge < -0.3 is 50.3 Å². The van der Waals surface area contributed by atoms with E-state index in [0.717, 1.165) is 43.7 Å². The summed E-state index contributed by atoms with van der Waals surface area (Å²) in [5.74, 6) is -5.83. The van der Waals surface area contributed by atoms with Gasteiger partial charge in [-0.2, -0.15) is 11.8 Å². The number of nitrogens with one attached hydrogen (secondary N) is 3. The second-order valence-corrected chi connectivity index (χ2v) is 21.4. The van der Waals surface area contributed by atoms with Crippen LogP contribution in [0.25, 0.3) is 0 Å². The lowest BCUT2D eigenvalue weighted by atomic mass is 9.88.